The van der Waals surface area contributed by atoms with Gasteiger partial charge in [-0.15, -0.1) is 0 Å². The Bertz CT molecular complexity index is 1750. The van der Waals surface area contributed by atoms with Crippen LogP contribution in [0.3, 0.4) is 0 Å². The minimum Gasteiger partial charge on any atom is -0.744 e. The van der Waals surface area contributed by atoms with Crippen LogP contribution >= 0.6 is 0 Å². The quantitative estimate of drug-likeness (QED) is 0.215. The summed E-state index contributed by atoms with van der Waals surface area (Å²) in [4.78, 5) is 0.222. The Labute approximate surface area is 281 Å². The highest BCUT2D eigenvalue weighted by molar-refractivity contribution is 7.87. The zero-order valence-corrected chi connectivity index (χ0v) is 29.1. The lowest BCUT2D eigenvalue weighted by atomic mass is 9.75. The van der Waals surface area contributed by atoms with Crippen LogP contribution in [0, 0.1) is 35.5 Å². The SMILES string of the molecule is O=S(=O)([O-])c1ccc(OS(=O)(=O)c2c(C3CC4CCC3C4)cc(C3CC4CCC3C4)cc2C2CC3CCC2C3)c2c1CCCCCC2. The highest BCUT2D eigenvalue weighted by Gasteiger charge is 2.48. The van der Waals surface area contributed by atoms with Crippen molar-refractivity contribution < 1.29 is 25.6 Å². The molecule has 0 amide bonds. The molecular weight excluding hydrogens is 629 g/mol. The van der Waals surface area contributed by atoms with E-state index in [1.807, 2.05) is 0 Å². The van der Waals surface area contributed by atoms with Crippen LogP contribution in [0.1, 0.15) is 148 Å². The molecular formula is C39H49O6S2-. The van der Waals surface area contributed by atoms with E-state index in [2.05, 4.69) is 12.1 Å². The molecule has 47 heavy (non-hydrogen) atoms. The Balaban J connectivity index is 1.20. The molecule has 0 heterocycles. The summed E-state index contributed by atoms with van der Waals surface area (Å²) in [6.45, 7) is 0. The summed E-state index contributed by atoms with van der Waals surface area (Å²) >= 11 is 0. The Hall–Kier alpha value is -1.90. The summed E-state index contributed by atoms with van der Waals surface area (Å²) in [5, 5.41) is 0. The third-order valence-corrected chi connectivity index (χ3v) is 16.6. The molecule has 8 heteroatoms. The fourth-order valence-corrected chi connectivity index (χ4v) is 14.5. The van der Waals surface area contributed by atoms with Crippen molar-refractivity contribution in [3.63, 3.8) is 0 Å². The third kappa shape index (κ3) is 5.42. The highest BCUT2D eigenvalue weighted by Crippen LogP contribution is 2.60. The zero-order valence-electron chi connectivity index (χ0n) is 27.5. The molecule has 0 spiro atoms. The molecule has 6 bridgehead atoms. The third-order valence-electron chi connectivity index (χ3n) is 14.3. The predicted molar refractivity (Wildman–Crippen MR) is 179 cm³/mol. The molecule has 6 nitrogen and oxygen atoms in total. The van der Waals surface area contributed by atoms with Gasteiger partial charge in [-0.25, -0.2) is 8.42 Å². The summed E-state index contributed by atoms with van der Waals surface area (Å²) in [5.41, 5.74) is 4.49. The molecule has 2 aromatic carbocycles. The molecule has 0 radical (unpaired) electrons. The van der Waals surface area contributed by atoms with Gasteiger partial charge in [-0.3, -0.25) is 0 Å². The lowest BCUT2D eigenvalue weighted by molar-refractivity contribution is 0.392. The zero-order chi connectivity index (χ0) is 32.1. The highest BCUT2D eigenvalue weighted by atomic mass is 32.2. The van der Waals surface area contributed by atoms with E-state index in [9.17, 15) is 13.0 Å². The number of fused-ring (bicyclic) bond motifs is 7. The second-order valence-electron chi connectivity index (χ2n) is 16.8. The Morgan fingerprint density at radius 1 is 0.596 bits per heavy atom. The predicted octanol–water partition coefficient (Wildman–Crippen LogP) is 8.73. The van der Waals surface area contributed by atoms with Crippen LogP contribution in [0.2, 0.25) is 0 Å². The molecule has 2 aromatic rings. The van der Waals surface area contributed by atoms with E-state index in [0.717, 1.165) is 61.5 Å². The van der Waals surface area contributed by atoms with Crippen molar-refractivity contribution >= 4 is 20.2 Å². The lowest BCUT2D eigenvalue weighted by Crippen LogP contribution is -2.23. The van der Waals surface area contributed by atoms with Crippen molar-refractivity contribution in [2.75, 3.05) is 0 Å². The van der Waals surface area contributed by atoms with Gasteiger partial charge >= 0.3 is 10.1 Å². The smallest absolute Gasteiger partial charge is 0.339 e. The molecule has 7 aliphatic carbocycles. The van der Waals surface area contributed by atoms with Crippen molar-refractivity contribution in [1.29, 1.82) is 0 Å². The van der Waals surface area contributed by atoms with Crippen LogP contribution in [0.4, 0.5) is 0 Å². The summed E-state index contributed by atoms with van der Waals surface area (Å²) in [7, 11) is -8.97. The Morgan fingerprint density at radius 3 is 1.57 bits per heavy atom. The molecule has 9 atom stereocenters. The van der Waals surface area contributed by atoms with Crippen LogP contribution in [0.15, 0.2) is 34.1 Å². The average molecular weight is 678 g/mol. The number of rotatable bonds is 7. The standard InChI is InChI=1S/C39H50O6S2/c40-46(41,42)38-14-13-37(30-5-3-1-2-4-6-31(30)38)45-47(43,44)39-35(33-19-24-8-11-27(33)16-24)21-29(32-18-23-7-10-26(32)15-23)22-36(39)34-20-25-9-12-28(34)17-25/h13-14,21-28,32-34H,1-12,15-20H2,(H,40,41,42)/p-1. The molecule has 9 rings (SSSR count). The first-order valence-corrected chi connectivity index (χ1v) is 21.7. The van der Waals surface area contributed by atoms with Crippen molar-refractivity contribution in [3.05, 3.63) is 52.1 Å². The first-order valence-electron chi connectivity index (χ1n) is 18.8. The van der Waals surface area contributed by atoms with Gasteiger partial charge in [0.25, 0.3) is 0 Å². The molecule has 0 aromatic heterocycles. The molecule has 9 unspecified atom stereocenters. The first-order chi connectivity index (χ1) is 22.6. The van der Waals surface area contributed by atoms with E-state index >= 15 is 8.42 Å². The normalized spacial score (nSPS) is 36.1. The summed E-state index contributed by atoms with van der Waals surface area (Å²) in [6.07, 6.45) is 19.0. The molecule has 0 N–H and O–H groups in total. The summed E-state index contributed by atoms with van der Waals surface area (Å²) in [5.74, 6) is 5.17. The first kappa shape index (κ1) is 31.1. The topological polar surface area (TPSA) is 101 Å². The second kappa shape index (κ2) is 11.6. The van der Waals surface area contributed by atoms with Gasteiger partial charge in [0.2, 0.25) is 0 Å². The molecule has 6 fully saturated rings. The van der Waals surface area contributed by atoms with Crippen molar-refractivity contribution in [2.45, 2.75) is 143 Å². The monoisotopic (exact) mass is 677 g/mol. The molecule has 0 aliphatic heterocycles. The van der Waals surface area contributed by atoms with Crippen molar-refractivity contribution in [2.24, 2.45) is 35.5 Å². The van der Waals surface area contributed by atoms with Gasteiger partial charge in [0, 0.05) is 5.56 Å². The van der Waals surface area contributed by atoms with Gasteiger partial charge < -0.3 is 8.74 Å². The summed E-state index contributed by atoms with van der Waals surface area (Å²) in [6, 6.07) is 7.41. The van der Waals surface area contributed by atoms with Gasteiger partial charge in [0.15, 0.2) is 0 Å². The minimum absolute atomic E-state index is 0.212. The van der Waals surface area contributed by atoms with Crippen LogP contribution in [-0.2, 0) is 33.1 Å². The number of hydrogen-bond acceptors (Lipinski definition) is 6. The van der Waals surface area contributed by atoms with E-state index in [-0.39, 0.29) is 22.5 Å². The minimum atomic E-state index is -4.70. The van der Waals surface area contributed by atoms with E-state index in [1.165, 1.54) is 81.9 Å². The van der Waals surface area contributed by atoms with Crippen LogP contribution in [0.25, 0.3) is 0 Å². The Kier molecular flexibility index (Phi) is 7.67. The summed E-state index contributed by atoms with van der Waals surface area (Å²) < 4.78 is 73.3. The van der Waals surface area contributed by atoms with Gasteiger partial charge in [0.1, 0.15) is 20.8 Å². The molecule has 6 saturated carbocycles. The Morgan fingerprint density at radius 2 is 1.11 bits per heavy atom. The van der Waals surface area contributed by atoms with E-state index < -0.39 is 20.2 Å². The fraction of sp³-hybridized carbons (Fsp3) is 0.692. The largest absolute Gasteiger partial charge is 0.744 e. The maximum absolute atomic E-state index is 15.0. The van der Waals surface area contributed by atoms with Crippen LogP contribution in [0.5, 0.6) is 5.75 Å². The maximum atomic E-state index is 15.0. The lowest BCUT2D eigenvalue weighted by Gasteiger charge is -2.32. The van der Waals surface area contributed by atoms with Crippen molar-refractivity contribution in [3.8, 4) is 5.75 Å². The van der Waals surface area contributed by atoms with Gasteiger partial charge in [-0.2, -0.15) is 8.42 Å². The molecule has 254 valence electrons. The second-order valence-corrected chi connectivity index (χ2v) is 19.6. The average Bonchev–Trinajstić information content (AvgIpc) is 3.89. The molecule has 7 aliphatic rings. The fourth-order valence-electron chi connectivity index (χ4n) is 12.3. The van der Waals surface area contributed by atoms with Crippen LogP contribution < -0.4 is 4.18 Å². The number of benzene rings is 2. The van der Waals surface area contributed by atoms with E-state index in [0.29, 0.717) is 58.5 Å². The van der Waals surface area contributed by atoms with E-state index in [4.69, 9.17) is 4.18 Å². The van der Waals surface area contributed by atoms with Gasteiger partial charge in [-0.05, 0) is 171 Å². The van der Waals surface area contributed by atoms with Crippen molar-refractivity contribution in [1.82, 2.24) is 0 Å². The molecule has 0 saturated heterocycles. The maximum Gasteiger partial charge on any atom is 0.339 e. The van der Waals surface area contributed by atoms with Crippen LogP contribution in [-0.4, -0.2) is 21.4 Å². The van der Waals surface area contributed by atoms with Gasteiger partial charge in [0.05, 0.1) is 4.90 Å². The van der Waals surface area contributed by atoms with E-state index in [1.54, 1.807) is 0 Å². The van der Waals surface area contributed by atoms with Gasteiger partial charge in [-0.1, -0.05) is 44.2 Å². The number of hydrogen-bond donors (Lipinski definition) is 0.